The van der Waals surface area contributed by atoms with Gasteiger partial charge in [0.2, 0.25) is 0 Å². The van der Waals surface area contributed by atoms with E-state index in [1.807, 2.05) is 60.7 Å². The Morgan fingerprint density at radius 3 is 1.54 bits per heavy atom. The first kappa shape index (κ1) is 21.4. The summed E-state index contributed by atoms with van der Waals surface area (Å²) in [4.78, 5) is 14.7. The smallest absolute Gasteiger partial charge is 0.164 e. The van der Waals surface area contributed by atoms with Gasteiger partial charge in [0, 0.05) is 21.2 Å². The van der Waals surface area contributed by atoms with Crippen LogP contribution in [0.4, 0.5) is 0 Å². The molecule has 1 aromatic heterocycles. The normalized spacial score (nSPS) is 11.0. The maximum absolute atomic E-state index is 4.93. The molecule has 0 amide bonds. The number of rotatable bonds is 4. The van der Waals surface area contributed by atoms with Crippen LogP contribution in [-0.4, -0.2) is 15.0 Å². The summed E-state index contributed by atoms with van der Waals surface area (Å²) in [6.45, 7) is 0. The second-order valence-electron chi connectivity index (χ2n) is 8.29. The second-order valence-corrected chi connectivity index (χ2v) is 9.21. The lowest BCUT2D eigenvalue weighted by Crippen LogP contribution is -2.00. The van der Waals surface area contributed by atoms with Crippen LogP contribution in [0.2, 0.25) is 0 Å². The van der Waals surface area contributed by atoms with Crippen LogP contribution in [0, 0.1) is 0 Å². The van der Waals surface area contributed by atoms with Crippen LogP contribution in [-0.2, 0) is 0 Å². The predicted octanol–water partition coefficient (Wildman–Crippen LogP) is 8.46. The molecule has 166 valence electrons. The van der Waals surface area contributed by atoms with Gasteiger partial charge in [0.05, 0.1) is 0 Å². The van der Waals surface area contributed by atoms with Gasteiger partial charge in [-0.3, -0.25) is 0 Å². The average molecular weight is 514 g/mol. The van der Waals surface area contributed by atoms with E-state index in [0.29, 0.717) is 17.5 Å². The molecular weight excluding hydrogens is 494 g/mol. The number of aromatic nitrogens is 3. The van der Waals surface area contributed by atoms with E-state index in [9.17, 15) is 0 Å². The van der Waals surface area contributed by atoms with Gasteiger partial charge in [-0.15, -0.1) is 0 Å². The Balaban J connectivity index is 1.60. The molecule has 0 bridgehead atoms. The minimum absolute atomic E-state index is 0.654. The van der Waals surface area contributed by atoms with Crippen molar-refractivity contribution in [3.05, 3.63) is 126 Å². The van der Waals surface area contributed by atoms with E-state index < -0.39 is 0 Å². The van der Waals surface area contributed by atoms with Gasteiger partial charge < -0.3 is 0 Å². The highest BCUT2D eigenvalue weighted by molar-refractivity contribution is 9.10. The van der Waals surface area contributed by atoms with E-state index in [1.165, 1.54) is 5.39 Å². The lowest BCUT2D eigenvalue weighted by Gasteiger charge is -2.12. The highest BCUT2D eigenvalue weighted by Crippen LogP contribution is 2.34. The van der Waals surface area contributed by atoms with Gasteiger partial charge in [0.1, 0.15) is 0 Å². The van der Waals surface area contributed by atoms with Crippen LogP contribution in [0.3, 0.4) is 0 Å². The molecule has 6 aromatic rings. The summed E-state index contributed by atoms with van der Waals surface area (Å²) in [7, 11) is 0. The predicted molar refractivity (Wildman–Crippen MR) is 147 cm³/mol. The van der Waals surface area contributed by atoms with Crippen LogP contribution in [0.5, 0.6) is 0 Å². The van der Waals surface area contributed by atoms with Crippen molar-refractivity contribution in [3.8, 4) is 45.3 Å². The van der Waals surface area contributed by atoms with Crippen molar-refractivity contribution in [1.29, 1.82) is 0 Å². The fourth-order valence-electron chi connectivity index (χ4n) is 4.25. The SMILES string of the molecule is Brc1ccc(-c2cc(-c3nc(-c4ccccc4)nc(-c4ccccc4)n3)cc3ccccc23)cc1. The molecule has 5 aromatic carbocycles. The number of nitrogens with zero attached hydrogens (tertiary/aromatic N) is 3. The zero-order chi connectivity index (χ0) is 23.6. The Morgan fingerprint density at radius 2 is 0.943 bits per heavy atom. The Kier molecular flexibility index (Phi) is 5.65. The lowest BCUT2D eigenvalue weighted by atomic mass is 9.95. The minimum Gasteiger partial charge on any atom is -0.208 e. The van der Waals surface area contributed by atoms with Gasteiger partial charge in [-0.2, -0.15) is 0 Å². The molecule has 0 atom stereocenters. The standard InChI is InChI=1S/C31H20BrN3/c32-26-17-15-21(16-18-26)28-20-25(19-24-13-7-8-14-27(24)28)31-34-29(22-9-3-1-4-10-22)33-30(35-31)23-11-5-2-6-12-23/h1-20H. The highest BCUT2D eigenvalue weighted by atomic mass is 79.9. The molecule has 0 aliphatic carbocycles. The first-order chi connectivity index (χ1) is 17.2. The summed E-state index contributed by atoms with van der Waals surface area (Å²) >= 11 is 3.55. The number of hydrogen-bond acceptors (Lipinski definition) is 3. The molecule has 0 spiro atoms. The molecule has 1 heterocycles. The fraction of sp³-hybridized carbons (Fsp3) is 0. The summed E-state index contributed by atoms with van der Waals surface area (Å²) in [5, 5.41) is 2.34. The zero-order valence-electron chi connectivity index (χ0n) is 18.8. The van der Waals surface area contributed by atoms with Crippen molar-refractivity contribution < 1.29 is 0 Å². The molecule has 0 N–H and O–H groups in total. The Labute approximate surface area is 212 Å². The first-order valence-corrected chi connectivity index (χ1v) is 12.2. The van der Waals surface area contributed by atoms with Gasteiger partial charge >= 0.3 is 0 Å². The summed E-state index contributed by atoms with van der Waals surface area (Å²) in [6.07, 6.45) is 0. The molecule has 0 radical (unpaired) electrons. The number of hydrogen-bond donors (Lipinski definition) is 0. The number of halogens is 1. The third-order valence-electron chi connectivity index (χ3n) is 5.97. The van der Waals surface area contributed by atoms with Crippen LogP contribution in [0.1, 0.15) is 0 Å². The van der Waals surface area contributed by atoms with Gasteiger partial charge in [-0.1, -0.05) is 113 Å². The van der Waals surface area contributed by atoms with Crippen LogP contribution < -0.4 is 0 Å². The fourth-order valence-corrected chi connectivity index (χ4v) is 4.51. The molecule has 35 heavy (non-hydrogen) atoms. The maximum atomic E-state index is 4.93. The Bertz CT molecular complexity index is 1570. The van der Waals surface area contributed by atoms with Crippen LogP contribution in [0.25, 0.3) is 56.1 Å². The molecule has 0 unspecified atom stereocenters. The largest absolute Gasteiger partial charge is 0.208 e. The van der Waals surface area contributed by atoms with E-state index >= 15 is 0 Å². The van der Waals surface area contributed by atoms with E-state index in [4.69, 9.17) is 15.0 Å². The lowest BCUT2D eigenvalue weighted by molar-refractivity contribution is 1.07. The van der Waals surface area contributed by atoms with Crippen LogP contribution >= 0.6 is 15.9 Å². The molecule has 0 aliphatic rings. The minimum atomic E-state index is 0.654. The molecule has 0 saturated carbocycles. The summed E-state index contributed by atoms with van der Waals surface area (Å²) in [5.41, 5.74) is 5.17. The first-order valence-electron chi connectivity index (χ1n) is 11.4. The van der Waals surface area contributed by atoms with Crippen molar-refractivity contribution in [3.63, 3.8) is 0 Å². The van der Waals surface area contributed by atoms with Gasteiger partial charge in [-0.25, -0.2) is 15.0 Å². The number of benzene rings is 5. The summed E-state index contributed by atoms with van der Waals surface area (Å²) < 4.78 is 1.05. The molecule has 4 heteroatoms. The Morgan fingerprint density at radius 1 is 0.429 bits per heavy atom. The topological polar surface area (TPSA) is 38.7 Å². The van der Waals surface area contributed by atoms with Crippen molar-refractivity contribution in [1.82, 2.24) is 15.0 Å². The van der Waals surface area contributed by atoms with Gasteiger partial charge in [0.25, 0.3) is 0 Å². The van der Waals surface area contributed by atoms with Crippen molar-refractivity contribution in [2.24, 2.45) is 0 Å². The quantitative estimate of drug-likeness (QED) is 0.237. The third kappa shape index (κ3) is 4.36. The monoisotopic (exact) mass is 513 g/mol. The van der Waals surface area contributed by atoms with E-state index in [0.717, 1.165) is 37.7 Å². The third-order valence-corrected chi connectivity index (χ3v) is 6.50. The molecule has 6 rings (SSSR count). The van der Waals surface area contributed by atoms with Crippen LogP contribution in [0.15, 0.2) is 126 Å². The summed E-state index contributed by atoms with van der Waals surface area (Å²) in [5.74, 6) is 1.97. The molecular formula is C31H20BrN3. The van der Waals surface area contributed by atoms with E-state index in [2.05, 4.69) is 76.6 Å². The van der Waals surface area contributed by atoms with E-state index in [1.54, 1.807) is 0 Å². The summed E-state index contributed by atoms with van der Waals surface area (Å²) in [6, 6.07) is 41.3. The van der Waals surface area contributed by atoms with Crippen molar-refractivity contribution in [2.75, 3.05) is 0 Å². The molecule has 0 aliphatic heterocycles. The molecule has 3 nitrogen and oxygen atoms in total. The Hall–Kier alpha value is -4.15. The number of fused-ring (bicyclic) bond motifs is 1. The second kappa shape index (κ2) is 9.24. The van der Waals surface area contributed by atoms with Gasteiger partial charge in [0.15, 0.2) is 17.5 Å². The highest BCUT2D eigenvalue weighted by Gasteiger charge is 2.14. The van der Waals surface area contributed by atoms with Gasteiger partial charge in [-0.05, 0) is 46.2 Å². The van der Waals surface area contributed by atoms with E-state index in [-0.39, 0.29) is 0 Å². The zero-order valence-corrected chi connectivity index (χ0v) is 20.4. The van der Waals surface area contributed by atoms with Crippen molar-refractivity contribution >= 4 is 26.7 Å². The average Bonchev–Trinajstić information content (AvgIpc) is 2.93. The molecule has 0 fully saturated rings. The van der Waals surface area contributed by atoms with Crippen molar-refractivity contribution in [2.45, 2.75) is 0 Å². The maximum Gasteiger partial charge on any atom is 0.164 e. The molecule has 0 saturated heterocycles.